The van der Waals surface area contributed by atoms with E-state index in [0.29, 0.717) is 41.2 Å². The number of para-hydroxylation sites is 1. The molecular formula is C23H22N4O4. The van der Waals surface area contributed by atoms with Gasteiger partial charge in [0.1, 0.15) is 11.2 Å². The van der Waals surface area contributed by atoms with Crippen molar-refractivity contribution < 1.29 is 4.92 Å². The summed E-state index contributed by atoms with van der Waals surface area (Å²) in [6.07, 6.45) is 0.697. The number of rotatable bonds is 5. The van der Waals surface area contributed by atoms with Gasteiger partial charge in [-0.15, -0.1) is 0 Å². The monoisotopic (exact) mass is 418 g/mol. The van der Waals surface area contributed by atoms with Gasteiger partial charge in [0.15, 0.2) is 5.65 Å². The van der Waals surface area contributed by atoms with Gasteiger partial charge in [0, 0.05) is 36.7 Å². The van der Waals surface area contributed by atoms with Crippen molar-refractivity contribution >= 4 is 27.6 Å². The Balaban J connectivity index is 2.13. The van der Waals surface area contributed by atoms with Crippen molar-refractivity contribution in [2.45, 2.75) is 26.8 Å². The van der Waals surface area contributed by atoms with Crippen molar-refractivity contribution in [3.8, 4) is 11.4 Å². The van der Waals surface area contributed by atoms with E-state index in [1.807, 2.05) is 19.9 Å². The van der Waals surface area contributed by atoms with Gasteiger partial charge in [0.2, 0.25) is 5.43 Å². The van der Waals surface area contributed by atoms with Crippen molar-refractivity contribution in [2.75, 3.05) is 0 Å². The molecule has 0 bridgehead atoms. The molecule has 0 aliphatic heterocycles. The third-order valence-electron chi connectivity index (χ3n) is 5.45. The highest BCUT2D eigenvalue weighted by molar-refractivity contribution is 5.91. The number of aryl methyl sites for hydroxylation is 1. The zero-order valence-corrected chi connectivity index (χ0v) is 17.5. The minimum absolute atomic E-state index is 0.0270. The van der Waals surface area contributed by atoms with Gasteiger partial charge in [0.05, 0.1) is 10.4 Å². The number of fused-ring (bicyclic) bond motifs is 2. The second kappa shape index (κ2) is 7.79. The first-order chi connectivity index (χ1) is 14.8. The molecule has 2 aromatic heterocycles. The van der Waals surface area contributed by atoms with Gasteiger partial charge in [-0.3, -0.25) is 24.3 Å². The van der Waals surface area contributed by atoms with E-state index in [1.165, 1.54) is 16.7 Å². The van der Waals surface area contributed by atoms with Crippen molar-refractivity contribution in [1.82, 2.24) is 14.1 Å². The lowest BCUT2D eigenvalue weighted by Crippen LogP contribution is -2.29. The van der Waals surface area contributed by atoms with Crippen LogP contribution < -0.4 is 11.0 Å². The maximum atomic E-state index is 13.5. The molecule has 0 saturated heterocycles. The molecule has 0 aliphatic carbocycles. The molecule has 8 nitrogen and oxygen atoms in total. The zero-order chi connectivity index (χ0) is 22.3. The summed E-state index contributed by atoms with van der Waals surface area (Å²) in [7, 11) is 1.76. The quantitative estimate of drug-likeness (QED) is 0.278. The van der Waals surface area contributed by atoms with Gasteiger partial charge >= 0.3 is 0 Å². The van der Waals surface area contributed by atoms with Gasteiger partial charge < -0.3 is 4.57 Å². The Morgan fingerprint density at radius 3 is 2.55 bits per heavy atom. The number of non-ortho nitro benzene ring substituents is 1. The van der Waals surface area contributed by atoms with E-state index in [4.69, 9.17) is 4.98 Å². The number of nitrogens with zero attached hydrogens (tertiary/aromatic N) is 4. The van der Waals surface area contributed by atoms with Crippen LogP contribution >= 0.6 is 0 Å². The SMILES string of the molecule is CC(C)CCn1c(-c2cccc([N+](=O)[O-])c2)nc2c(c(=O)c3ccccc3n2C)c1=O. The summed E-state index contributed by atoms with van der Waals surface area (Å²) in [5.41, 5.74) is 0.503. The molecule has 0 saturated carbocycles. The van der Waals surface area contributed by atoms with E-state index in [2.05, 4.69) is 0 Å². The van der Waals surface area contributed by atoms with E-state index in [1.54, 1.807) is 41.9 Å². The summed E-state index contributed by atoms with van der Waals surface area (Å²) in [5, 5.41) is 11.8. The molecule has 0 N–H and O–H groups in total. The lowest BCUT2D eigenvalue weighted by Gasteiger charge is -2.17. The fourth-order valence-corrected chi connectivity index (χ4v) is 3.77. The highest BCUT2D eigenvalue weighted by atomic mass is 16.6. The highest BCUT2D eigenvalue weighted by Gasteiger charge is 2.20. The number of aromatic nitrogens is 3. The van der Waals surface area contributed by atoms with Gasteiger partial charge in [-0.25, -0.2) is 4.98 Å². The maximum absolute atomic E-state index is 13.5. The Kier molecular flexibility index (Phi) is 5.14. The Hall–Kier alpha value is -3.81. The summed E-state index contributed by atoms with van der Waals surface area (Å²) in [6.45, 7) is 4.44. The number of pyridine rings is 1. The van der Waals surface area contributed by atoms with Gasteiger partial charge in [-0.1, -0.05) is 38.1 Å². The van der Waals surface area contributed by atoms with Crippen LogP contribution in [0.3, 0.4) is 0 Å². The molecule has 4 rings (SSSR count). The van der Waals surface area contributed by atoms with Crippen molar-refractivity contribution in [3.63, 3.8) is 0 Å². The molecule has 0 amide bonds. The molecule has 2 heterocycles. The third kappa shape index (κ3) is 3.50. The maximum Gasteiger partial charge on any atom is 0.270 e. The van der Waals surface area contributed by atoms with Crippen LogP contribution in [-0.2, 0) is 13.6 Å². The second-order valence-electron chi connectivity index (χ2n) is 7.99. The molecule has 0 fully saturated rings. The molecule has 0 aliphatic rings. The lowest BCUT2D eigenvalue weighted by molar-refractivity contribution is -0.384. The van der Waals surface area contributed by atoms with E-state index >= 15 is 0 Å². The number of nitro benzene ring substituents is 1. The average Bonchev–Trinajstić information content (AvgIpc) is 2.76. The number of hydrogen-bond acceptors (Lipinski definition) is 5. The van der Waals surface area contributed by atoms with Gasteiger partial charge in [-0.2, -0.15) is 0 Å². The van der Waals surface area contributed by atoms with Crippen LogP contribution in [0.1, 0.15) is 20.3 Å². The molecule has 31 heavy (non-hydrogen) atoms. The molecule has 0 unspecified atom stereocenters. The Bertz CT molecular complexity index is 1450. The Morgan fingerprint density at radius 1 is 1.10 bits per heavy atom. The van der Waals surface area contributed by atoms with E-state index in [-0.39, 0.29) is 22.1 Å². The molecule has 0 radical (unpaired) electrons. The molecule has 2 aromatic carbocycles. The Morgan fingerprint density at radius 2 is 1.84 bits per heavy atom. The predicted molar refractivity (Wildman–Crippen MR) is 120 cm³/mol. The van der Waals surface area contributed by atoms with Crippen molar-refractivity contribution in [1.29, 1.82) is 0 Å². The van der Waals surface area contributed by atoms with Crippen LogP contribution in [0.4, 0.5) is 5.69 Å². The lowest BCUT2D eigenvalue weighted by atomic mass is 10.1. The third-order valence-corrected chi connectivity index (χ3v) is 5.45. The van der Waals surface area contributed by atoms with Crippen LogP contribution in [0.5, 0.6) is 0 Å². The largest absolute Gasteiger partial charge is 0.328 e. The summed E-state index contributed by atoms with van der Waals surface area (Å²) in [6, 6.07) is 13.1. The fraction of sp³-hybridized carbons (Fsp3) is 0.261. The summed E-state index contributed by atoms with van der Waals surface area (Å²) in [4.78, 5) is 42.2. The van der Waals surface area contributed by atoms with Crippen molar-refractivity contribution in [2.24, 2.45) is 13.0 Å². The fourth-order valence-electron chi connectivity index (χ4n) is 3.77. The van der Waals surface area contributed by atoms with Crippen LogP contribution in [0.15, 0.2) is 58.1 Å². The van der Waals surface area contributed by atoms with Crippen LogP contribution in [0, 0.1) is 16.0 Å². The van der Waals surface area contributed by atoms with Gasteiger partial charge in [-0.05, 0) is 24.5 Å². The molecule has 4 aromatic rings. The van der Waals surface area contributed by atoms with Gasteiger partial charge in [0.25, 0.3) is 11.2 Å². The molecule has 158 valence electrons. The molecule has 0 atom stereocenters. The standard InChI is InChI=1S/C23H22N4O4/c1-14(2)11-12-26-21(15-7-6-8-16(13-15)27(30)31)24-22-19(23(26)29)20(28)17-9-4-5-10-18(17)25(22)3/h4-10,13-14H,11-12H2,1-3H3. The summed E-state index contributed by atoms with van der Waals surface area (Å²) < 4.78 is 3.19. The highest BCUT2D eigenvalue weighted by Crippen LogP contribution is 2.24. The van der Waals surface area contributed by atoms with Crippen LogP contribution in [0.25, 0.3) is 33.3 Å². The zero-order valence-electron chi connectivity index (χ0n) is 17.5. The van der Waals surface area contributed by atoms with Crippen molar-refractivity contribution in [3.05, 3.63) is 79.2 Å². The molecule has 0 spiro atoms. The van der Waals surface area contributed by atoms with E-state index < -0.39 is 10.5 Å². The summed E-state index contributed by atoms with van der Waals surface area (Å²) in [5.74, 6) is 0.632. The Labute approximate surface area is 177 Å². The average molecular weight is 418 g/mol. The van der Waals surface area contributed by atoms with E-state index in [9.17, 15) is 19.7 Å². The summed E-state index contributed by atoms with van der Waals surface area (Å²) >= 11 is 0. The number of hydrogen-bond donors (Lipinski definition) is 0. The van der Waals surface area contributed by atoms with E-state index in [0.717, 1.165) is 0 Å². The van der Waals surface area contributed by atoms with Crippen LogP contribution in [-0.4, -0.2) is 19.0 Å². The molecular weight excluding hydrogens is 396 g/mol. The first-order valence-electron chi connectivity index (χ1n) is 10.1. The number of nitro groups is 1. The smallest absolute Gasteiger partial charge is 0.270 e. The number of benzene rings is 2. The topological polar surface area (TPSA) is 100 Å². The first-order valence-corrected chi connectivity index (χ1v) is 10.1. The predicted octanol–water partition coefficient (Wildman–Crippen LogP) is 3.87. The molecule has 8 heteroatoms. The second-order valence-corrected chi connectivity index (χ2v) is 7.99. The minimum Gasteiger partial charge on any atom is -0.328 e. The minimum atomic E-state index is -0.482. The first kappa shape index (κ1) is 20.5. The van der Waals surface area contributed by atoms with Crippen LogP contribution in [0.2, 0.25) is 0 Å². The normalized spacial score (nSPS) is 11.5.